The monoisotopic (exact) mass is 573 g/mol. The van der Waals surface area contributed by atoms with E-state index in [0.717, 1.165) is 9.87 Å². The highest BCUT2D eigenvalue weighted by Gasteiger charge is 2.28. The van der Waals surface area contributed by atoms with E-state index in [2.05, 4.69) is 31.2 Å². The fourth-order valence-electron chi connectivity index (χ4n) is 3.13. The van der Waals surface area contributed by atoms with Gasteiger partial charge in [-0.1, -0.05) is 29.8 Å². The number of carbonyl (C=O) groups is 2. The third-order valence-corrected chi connectivity index (χ3v) is 7.44. The number of amides is 1. The van der Waals surface area contributed by atoms with Crippen molar-refractivity contribution in [3.8, 4) is 5.75 Å². The molecule has 0 radical (unpaired) electrons. The second kappa shape index (κ2) is 11.8. The van der Waals surface area contributed by atoms with E-state index in [1.165, 1.54) is 38.6 Å². The molecular formula is C25H24BrN3O6S. The summed E-state index contributed by atoms with van der Waals surface area (Å²) in [6.45, 7) is 1.37. The number of methoxy groups -OCH3 is 2. The van der Waals surface area contributed by atoms with Crippen LogP contribution in [-0.4, -0.2) is 47.3 Å². The summed E-state index contributed by atoms with van der Waals surface area (Å²) in [6, 6.07) is 17.5. The molecule has 0 saturated carbocycles. The molecule has 188 valence electrons. The molecule has 0 spiro atoms. The SMILES string of the molecule is COC(=O)c1ccc(/C=N/NC(=O)CN(c2ccc(C)cc2)S(=O)(=O)c2ccc(OC)c(Br)c2)cc1. The number of anilines is 1. The molecule has 0 heterocycles. The summed E-state index contributed by atoms with van der Waals surface area (Å²) in [5.41, 5.74) is 4.61. The molecule has 11 heteroatoms. The maximum Gasteiger partial charge on any atom is 0.337 e. The minimum absolute atomic E-state index is 0.0160. The third-order valence-electron chi connectivity index (χ3n) is 5.06. The Labute approximate surface area is 217 Å². The van der Waals surface area contributed by atoms with Gasteiger partial charge in [0.05, 0.1) is 41.1 Å². The van der Waals surface area contributed by atoms with Crippen LogP contribution in [0, 0.1) is 6.92 Å². The lowest BCUT2D eigenvalue weighted by Crippen LogP contribution is -2.39. The summed E-state index contributed by atoms with van der Waals surface area (Å²) in [7, 11) is -1.34. The van der Waals surface area contributed by atoms with E-state index in [0.29, 0.717) is 27.0 Å². The molecule has 1 N–H and O–H groups in total. The van der Waals surface area contributed by atoms with Gasteiger partial charge in [-0.15, -0.1) is 0 Å². The number of nitrogens with one attached hydrogen (secondary N) is 1. The van der Waals surface area contributed by atoms with Crippen LogP contribution in [0.5, 0.6) is 5.75 Å². The smallest absolute Gasteiger partial charge is 0.337 e. The molecule has 0 unspecified atom stereocenters. The predicted octanol–water partition coefficient (Wildman–Crippen LogP) is 3.90. The van der Waals surface area contributed by atoms with E-state index in [1.54, 1.807) is 48.5 Å². The van der Waals surface area contributed by atoms with E-state index in [4.69, 9.17) is 4.74 Å². The molecular weight excluding hydrogens is 550 g/mol. The highest BCUT2D eigenvalue weighted by atomic mass is 79.9. The number of halogens is 1. The van der Waals surface area contributed by atoms with Crippen LogP contribution in [0.1, 0.15) is 21.5 Å². The lowest BCUT2D eigenvalue weighted by molar-refractivity contribution is -0.119. The van der Waals surface area contributed by atoms with Crippen LogP contribution in [-0.2, 0) is 19.6 Å². The van der Waals surface area contributed by atoms with Crippen molar-refractivity contribution in [3.05, 3.63) is 87.9 Å². The molecule has 0 fully saturated rings. The van der Waals surface area contributed by atoms with E-state index in [9.17, 15) is 18.0 Å². The Hall–Kier alpha value is -3.70. The number of hydrogen-bond acceptors (Lipinski definition) is 7. The number of sulfonamides is 1. The first-order chi connectivity index (χ1) is 17.1. The number of hydrogen-bond donors (Lipinski definition) is 1. The summed E-state index contributed by atoms with van der Waals surface area (Å²) in [6.07, 6.45) is 1.38. The largest absolute Gasteiger partial charge is 0.496 e. The fraction of sp³-hybridized carbons (Fsp3) is 0.160. The number of benzene rings is 3. The highest BCUT2D eigenvalue weighted by Crippen LogP contribution is 2.30. The normalized spacial score (nSPS) is 11.2. The molecule has 0 bridgehead atoms. The van der Waals surface area contributed by atoms with Crippen molar-refractivity contribution >= 4 is 49.7 Å². The number of nitrogens with zero attached hydrogens (tertiary/aromatic N) is 2. The van der Waals surface area contributed by atoms with Crippen molar-refractivity contribution in [1.82, 2.24) is 5.43 Å². The zero-order valence-electron chi connectivity index (χ0n) is 19.8. The molecule has 3 rings (SSSR count). The maximum absolute atomic E-state index is 13.5. The van der Waals surface area contributed by atoms with Crippen molar-refractivity contribution < 1.29 is 27.5 Å². The van der Waals surface area contributed by atoms with Gasteiger partial charge in [-0.2, -0.15) is 5.10 Å². The zero-order chi connectivity index (χ0) is 26.3. The lowest BCUT2D eigenvalue weighted by Gasteiger charge is -2.24. The molecule has 3 aromatic carbocycles. The minimum Gasteiger partial charge on any atom is -0.496 e. The summed E-state index contributed by atoms with van der Waals surface area (Å²) < 4.78 is 38.3. The Morgan fingerprint density at radius 2 is 1.69 bits per heavy atom. The van der Waals surface area contributed by atoms with E-state index < -0.39 is 28.4 Å². The Bertz CT molecular complexity index is 1370. The molecule has 9 nitrogen and oxygen atoms in total. The summed E-state index contributed by atoms with van der Waals surface area (Å²) in [4.78, 5) is 24.2. The third kappa shape index (κ3) is 6.49. The van der Waals surface area contributed by atoms with Crippen molar-refractivity contribution in [3.63, 3.8) is 0 Å². The molecule has 36 heavy (non-hydrogen) atoms. The predicted molar refractivity (Wildman–Crippen MR) is 140 cm³/mol. The summed E-state index contributed by atoms with van der Waals surface area (Å²) >= 11 is 3.31. The zero-order valence-corrected chi connectivity index (χ0v) is 22.2. The van der Waals surface area contributed by atoms with Crippen LogP contribution in [0.25, 0.3) is 0 Å². The van der Waals surface area contributed by atoms with Crippen LogP contribution in [0.15, 0.2) is 81.2 Å². The van der Waals surface area contributed by atoms with Crippen molar-refractivity contribution in [2.24, 2.45) is 5.10 Å². The molecule has 0 atom stereocenters. The molecule has 0 saturated heterocycles. The first kappa shape index (κ1) is 26.9. The van der Waals surface area contributed by atoms with E-state index in [-0.39, 0.29) is 4.90 Å². The van der Waals surface area contributed by atoms with Crippen molar-refractivity contribution in [2.75, 3.05) is 25.1 Å². The van der Waals surface area contributed by atoms with Gasteiger partial charge in [-0.05, 0) is 70.9 Å². The molecule has 0 aromatic heterocycles. The average Bonchev–Trinajstić information content (AvgIpc) is 2.87. The van der Waals surface area contributed by atoms with Gasteiger partial charge in [-0.3, -0.25) is 9.10 Å². The maximum atomic E-state index is 13.5. The van der Waals surface area contributed by atoms with Gasteiger partial charge in [0.1, 0.15) is 12.3 Å². The standard InChI is InChI=1S/C25H24BrN3O6S/c1-17-4-10-20(11-5-17)29(36(32,33)21-12-13-23(34-2)22(26)14-21)16-24(30)28-27-15-18-6-8-19(9-7-18)25(31)35-3/h4-15H,16H2,1-3H3,(H,28,30)/b27-15+. The minimum atomic E-state index is -4.11. The lowest BCUT2D eigenvalue weighted by atomic mass is 10.1. The Balaban J connectivity index is 1.81. The summed E-state index contributed by atoms with van der Waals surface area (Å²) in [5, 5.41) is 3.90. The quantitative estimate of drug-likeness (QED) is 0.236. The second-order valence-corrected chi connectivity index (χ2v) is 10.3. The van der Waals surface area contributed by atoms with Gasteiger partial charge in [-0.25, -0.2) is 18.6 Å². The Morgan fingerprint density at radius 3 is 2.28 bits per heavy atom. The van der Waals surface area contributed by atoms with Crippen LogP contribution >= 0.6 is 15.9 Å². The fourth-order valence-corrected chi connectivity index (χ4v) is 5.27. The van der Waals surface area contributed by atoms with Gasteiger partial charge >= 0.3 is 5.97 Å². The molecule has 0 aliphatic heterocycles. The molecule has 1 amide bonds. The number of rotatable bonds is 9. The van der Waals surface area contributed by atoms with Gasteiger partial charge < -0.3 is 9.47 Å². The average molecular weight is 574 g/mol. The number of esters is 1. The Kier molecular flexibility index (Phi) is 8.83. The van der Waals surface area contributed by atoms with Crippen molar-refractivity contribution in [2.45, 2.75) is 11.8 Å². The number of carbonyl (C=O) groups excluding carboxylic acids is 2. The van der Waals surface area contributed by atoms with Gasteiger partial charge in [0, 0.05) is 0 Å². The second-order valence-electron chi connectivity index (χ2n) is 7.55. The van der Waals surface area contributed by atoms with Gasteiger partial charge in [0.25, 0.3) is 15.9 Å². The van der Waals surface area contributed by atoms with Crippen LogP contribution < -0.4 is 14.5 Å². The van der Waals surface area contributed by atoms with Crippen LogP contribution in [0.3, 0.4) is 0 Å². The Morgan fingerprint density at radius 1 is 1.03 bits per heavy atom. The van der Waals surface area contributed by atoms with Gasteiger partial charge in [0.15, 0.2) is 0 Å². The van der Waals surface area contributed by atoms with E-state index >= 15 is 0 Å². The summed E-state index contributed by atoms with van der Waals surface area (Å²) in [5.74, 6) is -0.634. The topological polar surface area (TPSA) is 114 Å². The first-order valence-corrected chi connectivity index (χ1v) is 12.8. The first-order valence-electron chi connectivity index (χ1n) is 10.6. The highest BCUT2D eigenvalue weighted by molar-refractivity contribution is 9.10. The van der Waals surface area contributed by atoms with Crippen LogP contribution in [0.4, 0.5) is 5.69 Å². The number of aryl methyl sites for hydroxylation is 1. The van der Waals surface area contributed by atoms with Crippen LogP contribution in [0.2, 0.25) is 0 Å². The van der Waals surface area contributed by atoms with Crippen molar-refractivity contribution in [1.29, 1.82) is 0 Å². The molecule has 3 aromatic rings. The number of hydrazone groups is 1. The molecule has 0 aliphatic rings. The van der Waals surface area contributed by atoms with E-state index in [1.807, 2.05) is 6.92 Å². The van der Waals surface area contributed by atoms with Gasteiger partial charge in [0.2, 0.25) is 0 Å². The number of ether oxygens (including phenoxy) is 2. The molecule has 0 aliphatic carbocycles.